The molecule has 0 spiro atoms. The van der Waals surface area contributed by atoms with Crippen LogP contribution in [0.2, 0.25) is 0 Å². The van der Waals surface area contributed by atoms with Crippen LogP contribution in [-0.4, -0.2) is 43.7 Å². The van der Waals surface area contributed by atoms with E-state index in [0.29, 0.717) is 28.6 Å². The minimum atomic E-state index is -1.01. The molecule has 2 aromatic carbocycles. The van der Waals surface area contributed by atoms with E-state index in [0.717, 1.165) is 27.1 Å². The zero-order chi connectivity index (χ0) is 27.3. The zero-order valence-corrected chi connectivity index (χ0v) is 21.9. The van der Waals surface area contributed by atoms with Crippen molar-refractivity contribution >= 4 is 34.4 Å². The summed E-state index contributed by atoms with van der Waals surface area (Å²) < 4.78 is 29.6. The van der Waals surface area contributed by atoms with Gasteiger partial charge < -0.3 is 15.1 Å². The number of anilines is 2. The molecule has 0 saturated heterocycles. The third-order valence-electron chi connectivity index (χ3n) is 6.86. The van der Waals surface area contributed by atoms with Crippen LogP contribution in [0.25, 0.3) is 5.00 Å². The van der Waals surface area contributed by atoms with Crippen molar-refractivity contribution in [2.75, 3.05) is 11.9 Å². The molecule has 196 valence electrons. The number of carboxylic acid groups (broad SMARTS) is 1. The van der Waals surface area contributed by atoms with Gasteiger partial charge in [-0.15, -0.1) is 21.5 Å². The number of aliphatic hydroxyl groups is 1. The van der Waals surface area contributed by atoms with E-state index >= 15 is 0 Å². The third kappa shape index (κ3) is 4.17. The quantitative estimate of drug-likeness (QED) is 0.355. The fourth-order valence-corrected chi connectivity index (χ4v) is 5.86. The molecular formula is C27H25F2N5O3S. The van der Waals surface area contributed by atoms with E-state index in [1.807, 2.05) is 23.6 Å². The normalized spacial score (nSPS) is 15.3. The Bertz CT molecular complexity index is 1580. The van der Waals surface area contributed by atoms with Gasteiger partial charge in [0.2, 0.25) is 0 Å². The molecule has 8 nitrogen and oxygen atoms in total. The van der Waals surface area contributed by atoms with Crippen LogP contribution in [0.15, 0.2) is 47.5 Å². The molecule has 0 saturated carbocycles. The molecule has 0 fully saturated rings. The summed E-state index contributed by atoms with van der Waals surface area (Å²) in [4.78, 5) is 19.4. The second kappa shape index (κ2) is 9.73. The van der Waals surface area contributed by atoms with Gasteiger partial charge in [-0.05, 0) is 50.6 Å². The van der Waals surface area contributed by atoms with Gasteiger partial charge in [0.15, 0.2) is 5.82 Å². The summed E-state index contributed by atoms with van der Waals surface area (Å²) in [6, 6.07) is 9.84. The van der Waals surface area contributed by atoms with E-state index in [4.69, 9.17) is 4.99 Å². The predicted molar refractivity (Wildman–Crippen MR) is 141 cm³/mol. The molecule has 2 aromatic heterocycles. The summed E-state index contributed by atoms with van der Waals surface area (Å²) >= 11 is 1.39. The number of hydrogen-bond acceptors (Lipinski definition) is 7. The van der Waals surface area contributed by atoms with Crippen molar-refractivity contribution in [3.63, 3.8) is 0 Å². The molecule has 1 aliphatic rings. The second-order valence-corrected chi connectivity index (χ2v) is 10.3. The minimum absolute atomic E-state index is 0.158. The van der Waals surface area contributed by atoms with Crippen molar-refractivity contribution in [2.24, 2.45) is 10.9 Å². The van der Waals surface area contributed by atoms with Gasteiger partial charge in [-0.3, -0.25) is 14.4 Å². The van der Waals surface area contributed by atoms with Gasteiger partial charge in [0.25, 0.3) is 0 Å². The van der Waals surface area contributed by atoms with Crippen LogP contribution in [0.3, 0.4) is 0 Å². The highest BCUT2D eigenvalue weighted by Crippen LogP contribution is 2.41. The van der Waals surface area contributed by atoms with E-state index in [1.165, 1.54) is 23.5 Å². The Morgan fingerprint density at radius 1 is 1.16 bits per heavy atom. The topological polar surface area (TPSA) is 104 Å². The fourth-order valence-electron chi connectivity index (χ4n) is 4.64. The molecule has 0 aliphatic carbocycles. The van der Waals surface area contributed by atoms with Crippen LogP contribution in [0.5, 0.6) is 0 Å². The zero-order valence-electron chi connectivity index (χ0n) is 21.1. The lowest BCUT2D eigenvalue weighted by molar-refractivity contribution is -0.141. The standard InChI is InChI=1S/C27H25F2N5O3S/c1-13-21(12-35)38-26-22(13)24(30-23(14(2)27(36)37)25-32-31-15(3)34(25)26)16-5-8-18(9-6-16)33(4)20-10-7-17(28)11-19(20)29/h5-11,14,23,35H,12H2,1-4H3,(H,36,37)/t14?,23-/m0/s1. The van der Waals surface area contributed by atoms with Crippen molar-refractivity contribution in [1.82, 2.24) is 14.8 Å². The summed E-state index contributed by atoms with van der Waals surface area (Å²) in [6.07, 6.45) is 0. The Morgan fingerprint density at radius 2 is 1.87 bits per heavy atom. The number of aliphatic hydroxyl groups excluding tert-OH is 1. The molecular weight excluding hydrogens is 512 g/mol. The smallest absolute Gasteiger partial charge is 0.308 e. The Kier molecular flexibility index (Phi) is 6.58. The molecule has 3 heterocycles. The van der Waals surface area contributed by atoms with Crippen molar-refractivity contribution in [2.45, 2.75) is 33.4 Å². The van der Waals surface area contributed by atoms with Gasteiger partial charge >= 0.3 is 5.97 Å². The lowest BCUT2D eigenvalue weighted by Gasteiger charge is -2.21. The summed E-state index contributed by atoms with van der Waals surface area (Å²) in [5.41, 5.74) is 3.77. The number of thiophene rings is 1. The summed E-state index contributed by atoms with van der Waals surface area (Å²) in [5, 5.41) is 29.1. The molecule has 5 rings (SSSR count). The maximum Gasteiger partial charge on any atom is 0.308 e. The van der Waals surface area contributed by atoms with E-state index in [2.05, 4.69) is 10.2 Å². The first-order chi connectivity index (χ1) is 18.1. The number of rotatable bonds is 6. The van der Waals surface area contributed by atoms with Gasteiger partial charge in [-0.1, -0.05) is 12.1 Å². The first kappa shape index (κ1) is 25.7. The van der Waals surface area contributed by atoms with Gasteiger partial charge in [0.1, 0.15) is 28.5 Å². The fraction of sp³-hybridized carbons (Fsp3) is 0.259. The predicted octanol–water partition coefficient (Wildman–Crippen LogP) is 5.10. The first-order valence-electron chi connectivity index (χ1n) is 11.9. The largest absolute Gasteiger partial charge is 0.481 e. The lowest BCUT2D eigenvalue weighted by atomic mass is 9.98. The Hall–Kier alpha value is -3.96. The number of carboxylic acids is 1. The van der Waals surface area contributed by atoms with Gasteiger partial charge in [-0.2, -0.15) is 0 Å². The number of aliphatic carboxylic acids is 1. The summed E-state index contributed by atoms with van der Waals surface area (Å²) in [6.45, 7) is 5.12. The maximum atomic E-state index is 14.4. The van der Waals surface area contributed by atoms with E-state index in [-0.39, 0.29) is 12.3 Å². The van der Waals surface area contributed by atoms with Crippen LogP contribution in [0.4, 0.5) is 20.2 Å². The second-order valence-electron chi connectivity index (χ2n) is 9.18. The Morgan fingerprint density at radius 3 is 2.50 bits per heavy atom. The van der Waals surface area contributed by atoms with Crippen molar-refractivity contribution < 1.29 is 23.8 Å². The highest BCUT2D eigenvalue weighted by molar-refractivity contribution is 7.15. The number of halogens is 2. The molecule has 0 bridgehead atoms. The molecule has 0 amide bonds. The van der Waals surface area contributed by atoms with Crippen LogP contribution in [0, 0.1) is 31.4 Å². The molecule has 2 atom stereocenters. The molecule has 2 N–H and O–H groups in total. The number of aliphatic imine (C=N–C) groups is 1. The van der Waals surface area contributed by atoms with Gasteiger partial charge in [0, 0.05) is 34.8 Å². The minimum Gasteiger partial charge on any atom is -0.481 e. The number of nitrogens with zero attached hydrogens (tertiary/aromatic N) is 5. The third-order valence-corrected chi connectivity index (χ3v) is 8.12. The van der Waals surface area contributed by atoms with Crippen molar-refractivity contribution in [3.8, 4) is 5.00 Å². The Balaban J connectivity index is 1.66. The van der Waals surface area contributed by atoms with Crippen LogP contribution >= 0.6 is 11.3 Å². The van der Waals surface area contributed by atoms with E-state index < -0.39 is 29.6 Å². The van der Waals surface area contributed by atoms with Crippen LogP contribution in [0.1, 0.15) is 46.2 Å². The monoisotopic (exact) mass is 537 g/mol. The van der Waals surface area contributed by atoms with Crippen LogP contribution < -0.4 is 4.90 Å². The van der Waals surface area contributed by atoms with Gasteiger partial charge in [-0.25, -0.2) is 8.78 Å². The average Bonchev–Trinajstić information content (AvgIpc) is 3.38. The van der Waals surface area contributed by atoms with Gasteiger partial charge in [0.05, 0.1) is 23.9 Å². The average molecular weight is 538 g/mol. The number of aryl methyl sites for hydroxylation is 1. The number of hydrogen-bond donors (Lipinski definition) is 2. The van der Waals surface area contributed by atoms with Crippen LogP contribution in [-0.2, 0) is 11.4 Å². The molecule has 4 aromatic rings. The first-order valence-corrected chi connectivity index (χ1v) is 12.7. The molecule has 0 radical (unpaired) electrons. The molecule has 11 heteroatoms. The molecule has 1 aliphatic heterocycles. The van der Waals surface area contributed by atoms with E-state index in [1.54, 1.807) is 37.9 Å². The Labute approximate surface area is 221 Å². The highest BCUT2D eigenvalue weighted by Gasteiger charge is 2.36. The number of aromatic nitrogens is 3. The summed E-state index contributed by atoms with van der Waals surface area (Å²) in [5.74, 6) is -2.22. The van der Waals surface area contributed by atoms with E-state index in [9.17, 15) is 23.8 Å². The number of benzene rings is 2. The highest BCUT2D eigenvalue weighted by atomic mass is 32.1. The molecule has 38 heavy (non-hydrogen) atoms. The number of fused-ring (bicyclic) bond motifs is 3. The lowest BCUT2D eigenvalue weighted by Crippen LogP contribution is -2.21. The van der Waals surface area contributed by atoms with Crippen molar-refractivity contribution in [1.29, 1.82) is 0 Å². The SMILES string of the molecule is Cc1c(CO)sc2c1C(c1ccc(N(C)c3ccc(F)cc3F)cc1)=N[C@@H](C(C)C(=O)O)c1nnc(C)n1-2. The summed E-state index contributed by atoms with van der Waals surface area (Å²) in [7, 11) is 1.68. The van der Waals surface area contributed by atoms with Crippen molar-refractivity contribution in [3.05, 3.63) is 87.3 Å². The number of carbonyl (C=O) groups is 1. The maximum absolute atomic E-state index is 14.4. The molecule has 1 unspecified atom stereocenters.